The first-order valence-corrected chi connectivity index (χ1v) is 10.3. The number of rotatable bonds is 4. The molecule has 0 saturated carbocycles. The molecule has 2 aromatic heterocycles. The Morgan fingerprint density at radius 3 is 2.79 bits per heavy atom. The van der Waals surface area contributed by atoms with Crippen LogP contribution in [0.2, 0.25) is 0 Å². The van der Waals surface area contributed by atoms with Crippen molar-refractivity contribution in [2.24, 2.45) is 0 Å². The maximum absolute atomic E-state index is 13.1. The van der Waals surface area contributed by atoms with E-state index in [1.54, 1.807) is 6.92 Å². The average Bonchev–Trinajstić information content (AvgIpc) is 3.30. The third kappa shape index (κ3) is 3.64. The van der Waals surface area contributed by atoms with Crippen LogP contribution in [0.3, 0.4) is 0 Å². The Morgan fingerprint density at radius 1 is 1.21 bits per heavy atom. The van der Waals surface area contributed by atoms with E-state index in [4.69, 9.17) is 0 Å². The predicted molar refractivity (Wildman–Crippen MR) is 112 cm³/mol. The molecular formula is C22H23N3O2S. The second kappa shape index (κ2) is 7.72. The van der Waals surface area contributed by atoms with Crippen LogP contribution in [-0.4, -0.2) is 34.8 Å². The van der Waals surface area contributed by atoms with Crippen molar-refractivity contribution in [3.8, 4) is 0 Å². The van der Waals surface area contributed by atoms with Crippen molar-refractivity contribution in [3.05, 3.63) is 64.3 Å². The first-order valence-electron chi connectivity index (χ1n) is 9.50. The molecule has 0 bridgehead atoms. The number of fused-ring (bicyclic) bond motifs is 1. The number of pyridine rings is 1. The smallest absolute Gasteiger partial charge is 0.262 e. The molecule has 0 radical (unpaired) electrons. The second-order valence-electron chi connectivity index (χ2n) is 7.24. The van der Waals surface area contributed by atoms with E-state index in [9.17, 15) is 9.59 Å². The molecule has 1 aromatic carbocycles. The normalized spacial score (nSPS) is 16.5. The number of aromatic nitrogens is 1. The standard InChI is InChI=1S/C22H23N3O2S/c1-14-6-5-7-17(24-14)12-23-22(27)21-20(16-10-11-25(13-16)15(2)26)18-8-3-4-9-19(18)28-21/h3-9,16H,10-13H2,1-2H3,(H,23,27). The van der Waals surface area contributed by atoms with E-state index >= 15 is 0 Å². The summed E-state index contributed by atoms with van der Waals surface area (Å²) in [6.45, 7) is 5.37. The summed E-state index contributed by atoms with van der Waals surface area (Å²) in [6, 6.07) is 13.9. The van der Waals surface area contributed by atoms with E-state index in [0.29, 0.717) is 13.1 Å². The van der Waals surface area contributed by atoms with Gasteiger partial charge in [0, 0.05) is 36.3 Å². The minimum absolute atomic E-state index is 0.0687. The van der Waals surface area contributed by atoms with Crippen LogP contribution in [-0.2, 0) is 11.3 Å². The highest BCUT2D eigenvalue weighted by molar-refractivity contribution is 7.21. The molecule has 1 aliphatic rings. The summed E-state index contributed by atoms with van der Waals surface area (Å²) in [7, 11) is 0. The third-order valence-corrected chi connectivity index (χ3v) is 6.44. The number of carbonyl (C=O) groups excluding carboxylic acids is 2. The van der Waals surface area contributed by atoms with Gasteiger partial charge in [0.05, 0.1) is 17.1 Å². The van der Waals surface area contributed by atoms with Crippen LogP contribution in [0.15, 0.2) is 42.5 Å². The fourth-order valence-corrected chi connectivity index (χ4v) is 5.08. The van der Waals surface area contributed by atoms with Gasteiger partial charge in [-0.25, -0.2) is 0 Å². The van der Waals surface area contributed by atoms with E-state index in [0.717, 1.165) is 44.9 Å². The summed E-state index contributed by atoms with van der Waals surface area (Å²) in [6.07, 6.45) is 0.889. The van der Waals surface area contributed by atoms with Gasteiger partial charge in [-0.15, -0.1) is 11.3 Å². The Hall–Kier alpha value is -2.73. The van der Waals surface area contributed by atoms with Crippen molar-refractivity contribution in [3.63, 3.8) is 0 Å². The molecule has 1 saturated heterocycles. The minimum Gasteiger partial charge on any atom is -0.346 e. The molecule has 1 unspecified atom stereocenters. The minimum atomic E-state index is -0.0687. The van der Waals surface area contributed by atoms with Crippen molar-refractivity contribution >= 4 is 33.2 Å². The maximum atomic E-state index is 13.1. The molecule has 5 nitrogen and oxygen atoms in total. The molecule has 2 amide bonds. The average molecular weight is 394 g/mol. The van der Waals surface area contributed by atoms with Crippen LogP contribution in [0.1, 0.15) is 45.9 Å². The lowest BCUT2D eigenvalue weighted by atomic mass is 9.95. The van der Waals surface area contributed by atoms with E-state index in [1.807, 2.05) is 42.2 Å². The Bertz CT molecular complexity index is 1040. The van der Waals surface area contributed by atoms with Crippen LogP contribution in [0.4, 0.5) is 0 Å². The van der Waals surface area contributed by atoms with E-state index in [-0.39, 0.29) is 17.7 Å². The molecule has 0 spiro atoms. The van der Waals surface area contributed by atoms with Crippen LogP contribution < -0.4 is 5.32 Å². The molecule has 1 fully saturated rings. The zero-order valence-corrected chi connectivity index (χ0v) is 16.9. The number of hydrogen-bond donors (Lipinski definition) is 1. The van der Waals surface area contributed by atoms with Crippen LogP contribution in [0.5, 0.6) is 0 Å². The van der Waals surface area contributed by atoms with Gasteiger partial charge in [0.25, 0.3) is 5.91 Å². The molecule has 6 heteroatoms. The summed E-state index contributed by atoms with van der Waals surface area (Å²) in [4.78, 5) is 31.9. The van der Waals surface area contributed by atoms with Gasteiger partial charge in [0.15, 0.2) is 0 Å². The largest absolute Gasteiger partial charge is 0.346 e. The first-order chi connectivity index (χ1) is 13.5. The Kier molecular flexibility index (Phi) is 5.13. The lowest BCUT2D eigenvalue weighted by molar-refractivity contribution is -0.127. The van der Waals surface area contributed by atoms with Gasteiger partial charge in [0.1, 0.15) is 0 Å². The SMILES string of the molecule is CC(=O)N1CCC(c2c(C(=O)NCc3cccc(C)n3)sc3ccccc23)C1. The number of thiophene rings is 1. The zero-order chi connectivity index (χ0) is 19.7. The van der Waals surface area contributed by atoms with Crippen molar-refractivity contribution < 1.29 is 9.59 Å². The molecular weight excluding hydrogens is 370 g/mol. The molecule has 1 atom stereocenters. The van der Waals surface area contributed by atoms with Crippen molar-refractivity contribution in [1.29, 1.82) is 0 Å². The summed E-state index contributed by atoms with van der Waals surface area (Å²) in [5, 5.41) is 4.16. The molecule has 0 aliphatic carbocycles. The lowest BCUT2D eigenvalue weighted by Crippen LogP contribution is -2.26. The Morgan fingerprint density at radius 2 is 2.04 bits per heavy atom. The Labute approximate surface area is 168 Å². The number of likely N-dealkylation sites (tertiary alicyclic amines) is 1. The quantitative estimate of drug-likeness (QED) is 0.732. The third-order valence-electron chi connectivity index (χ3n) is 5.26. The summed E-state index contributed by atoms with van der Waals surface area (Å²) < 4.78 is 1.11. The summed E-state index contributed by atoms with van der Waals surface area (Å²) >= 11 is 1.53. The lowest BCUT2D eigenvalue weighted by Gasteiger charge is -2.15. The number of nitrogens with one attached hydrogen (secondary N) is 1. The zero-order valence-electron chi connectivity index (χ0n) is 16.1. The number of aryl methyl sites for hydroxylation is 1. The molecule has 3 aromatic rings. The van der Waals surface area contributed by atoms with Crippen molar-refractivity contribution in [2.75, 3.05) is 13.1 Å². The fourth-order valence-electron chi connectivity index (χ4n) is 3.87. The topological polar surface area (TPSA) is 62.3 Å². The molecule has 4 rings (SSSR count). The van der Waals surface area contributed by atoms with Gasteiger partial charge in [-0.05, 0) is 42.5 Å². The van der Waals surface area contributed by atoms with Gasteiger partial charge in [-0.2, -0.15) is 0 Å². The molecule has 1 aliphatic heterocycles. The van der Waals surface area contributed by atoms with Gasteiger partial charge in [-0.1, -0.05) is 24.3 Å². The van der Waals surface area contributed by atoms with Crippen LogP contribution in [0, 0.1) is 6.92 Å². The second-order valence-corrected chi connectivity index (χ2v) is 8.30. The highest BCUT2D eigenvalue weighted by Crippen LogP contribution is 2.40. The summed E-state index contributed by atoms with van der Waals surface area (Å²) in [5.74, 6) is 0.220. The van der Waals surface area contributed by atoms with E-state index < -0.39 is 0 Å². The van der Waals surface area contributed by atoms with Crippen molar-refractivity contribution in [2.45, 2.75) is 32.7 Å². The monoisotopic (exact) mass is 393 g/mol. The molecule has 3 heterocycles. The van der Waals surface area contributed by atoms with E-state index in [2.05, 4.69) is 22.4 Å². The van der Waals surface area contributed by atoms with Crippen LogP contribution >= 0.6 is 11.3 Å². The predicted octanol–water partition coefficient (Wildman–Crippen LogP) is 3.87. The Balaban J connectivity index is 1.63. The first kappa shape index (κ1) is 18.6. The maximum Gasteiger partial charge on any atom is 0.262 e. The number of benzene rings is 1. The summed E-state index contributed by atoms with van der Waals surface area (Å²) in [5.41, 5.74) is 2.86. The highest BCUT2D eigenvalue weighted by atomic mass is 32.1. The van der Waals surface area contributed by atoms with Crippen molar-refractivity contribution in [1.82, 2.24) is 15.2 Å². The fraction of sp³-hybridized carbons (Fsp3) is 0.318. The number of carbonyl (C=O) groups is 2. The molecule has 28 heavy (non-hydrogen) atoms. The van der Waals surface area contributed by atoms with Gasteiger partial charge in [0.2, 0.25) is 5.91 Å². The highest BCUT2D eigenvalue weighted by Gasteiger charge is 2.31. The van der Waals surface area contributed by atoms with E-state index in [1.165, 1.54) is 11.3 Å². The van der Waals surface area contributed by atoms with Gasteiger partial charge >= 0.3 is 0 Å². The van der Waals surface area contributed by atoms with Crippen LogP contribution in [0.25, 0.3) is 10.1 Å². The number of amides is 2. The molecule has 144 valence electrons. The van der Waals surface area contributed by atoms with Gasteiger partial charge < -0.3 is 10.2 Å². The molecule has 1 N–H and O–H groups in total. The van der Waals surface area contributed by atoms with Gasteiger partial charge in [-0.3, -0.25) is 14.6 Å². The number of hydrogen-bond acceptors (Lipinski definition) is 4. The number of nitrogens with zero attached hydrogens (tertiary/aromatic N) is 2.